The van der Waals surface area contributed by atoms with Crippen LogP contribution in [0.25, 0.3) is 44.6 Å². The number of pyridine rings is 3. The molecular formula is C44H43IrN3O-2. The maximum atomic E-state index is 8.53. The van der Waals surface area contributed by atoms with Gasteiger partial charge in [0.15, 0.2) is 0 Å². The predicted octanol–water partition coefficient (Wildman–Crippen LogP) is 11.1. The SMILES string of the molecule is Cc1c[c-]c(-c2cc(C)c(C)cn2)cc1.[2H]C([2H])([2H])c1ccc2c(n1)oc1c(-c3cc(Cc4ccc(C([2H])([2H])C(C)(C)C)cc4)c(C)cn3)[c-]ccc12.[Ir]. The molecule has 0 spiro atoms. The van der Waals surface area contributed by atoms with Gasteiger partial charge in [0, 0.05) is 50.4 Å². The van der Waals surface area contributed by atoms with Gasteiger partial charge in [-0.05, 0) is 97.2 Å². The minimum Gasteiger partial charge on any atom is -0.486 e. The van der Waals surface area contributed by atoms with Gasteiger partial charge in [-0.3, -0.25) is 0 Å². The van der Waals surface area contributed by atoms with Crippen molar-refractivity contribution in [2.45, 2.75) is 68.1 Å². The van der Waals surface area contributed by atoms with Crippen molar-refractivity contribution >= 4 is 22.1 Å². The van der Waals surface area contributed by atoms with Crippen LogP contribution in [0.2, 0.25) is 0 Å². The summed E-state index contributed by atoms with van der Waals surface area (Å²) in [6, 6.07) is 31.4. The van der Waals surface area contributed by atoms with Crippen molar-refractivity contribution in [1.29, 1.82) is 0 Å². The number of aryl methyl sites for hydroxylation is 5. The summed E-state index contributed by atoms with van der Waals surface area (Å²) in [4.78, 5) is 13.3. The number of rotatable bonds is 5. The molecule has 0 atom stereocenters. The molecule has 49 heavy (non-hydrogen) atoms. The number of hydrogen-bond acceptors (Lipinski definition) is 4. The molecule has 0 aliphatic carbocycles. The molecule has 0 unspecified atom stereocenters. The summed E-state index contributed by atoms with van der Waals surface area (Å²) in [7, 11) is 0. The minimum absolute atomic E-state index is 0. The first kappa shape index (κ1) is 29.5. The zero-order chi connectivity index (χ0) is 38.3. The first-order valence-corrected chi connectivity index (χ1v) is 16.1. The average molecular weight is 827 g/mol. The van der Waals surface area contributed by atoms with Crippen LogP contribution < -0.4 is 0 Å². The van der Waals surface area contributed by atoms with E-state index in [1.54, 1.807) is 6.07 Å². The summed E-state index contributed by atoms with van der Waals surface area (Å²) >= 11 is 0. The van der Waals surface area contributed by atoms with Gasteiger partial charge in [0.25, 0.3) is 0 Å². The fourth-order valence-electron chi connectivity index (χ4n) is 5.50. The molecule has 3 aromatic carbocycles. The quantitative estimate of drug-likeness (QED) is 0.162. The van der Waals surface area contributed by atoms with Gasteiger partial charge in [-0.2, -0.15) is 0 Å². The maximum absolute atomic E-state index is 8.53. The Labute approximate surface area is 311 Å². The van der Waals surface area contributed by atoms with E-state index < -0.39 is 18.6 Å². The second-order valence-corrected chi connectivity index (χ2v) is 13.4. The summed E-state index contributed by atoms with van der Waals surface area (Å²) in [6.45, 7) is 11.7. The van der Waals surface area contributed by atoms with Crippen LogP contribution in [0.15, 0.2) is 95.7 Å². The molecule has 1 radical (unpaired) electrons. The first-order chi connectivity index (χ1) is 24.9. The summed E-state index contributed by atoms with van der Waals surface area (Å²) in [5.74, 6) is 0. The molecule has 0 aliphatic rings. The third-order valence-electron chi connectivity index (χ3n) is 8.25. The number of furan rings is 1. The third-order valence-corrected chi connectivity index (χ3v) is 8.25. The number of benzene rings is 3. The van der Waals surface area contributed by atoms with Crippen LogP contribution >= 0.6 is 0 Å². The van der Waals surface area contributed by atoms with E-state index in [1.165, 1.54) is 22.8 Å². The zero-order valence-corrected chi connectivity index (χ0v) is 31.3. The monoisotopic (exact) mass is 827 g/mol. The molecule has 0 fully saturated rings. The molecular weight excluding hydrogens is 779 g/mol. The van der Waals surface area contributed by atoms with Gasteiger partial charge in [-0.25, -0.2) is 4.98 Å². The van der Waals surface area contributed by atoms with Crippen molar-refractivity contribution in [2.24, 2.45) is 5.41 Å². The van der Waals surface area contributed by atoms with Crippen molar-refractivity contribution in [3.8, 4) is 22.5 Å². The van der Waals surface area contributed by atoms with Crippen molar-refractivity contribution in [3.63, 3.8) is 0 Å². The van der Waals surface area contributed by atoms with Crippen LogP contribution in [0, 0.1) is 52.1 Å². The van der Waals surface area contributed by atoms with E-state index in [0.29, 0.717) is 28.8 Å². The molecule has 0 aliphatic heterocycles. The van der Waals surface area contributed by atoms with Crippen LogP contribution in [0.1, 0.15) is 72.3 Å². The Morgan fingerprint density at radius 2 is 1.51 bits per heavy atom. The molecule has 4 nitrogen and oxygen atoms in total. The van der Waals surface area contributed by atoms with Crippen molar-refractivity contribution < 1.29 is 31.4 Å². The number of fused-ring (bicyclic) bond motifs is 3. The third kappa shape index (κ3) is 8.59. The Morgan fingerprint density at radius 3 is 2.20 bits per heavy atom. The molecule has 7 rings (SSSR count). The Bertz CT molecular complexity index is 2410. The fraction of sp³-hybridized carbons (Fsp3) is 0.250. The Kier molecular flexibility index (Phi) is 9.01. The largest absolute Gasteiger partial charge is 0.486 e. The standard InChI is InChI=1S/C30H29N2O.C14H14N.Ir/c1-19-18-31-27(16-23(19)15-21-10-12-22(13-11-21)17-30(3,4)5)26-8-6-7-24-25-14-9-20(2)32-29(25)33-28(24)26;1-10-4-6-13(7-5-10)14-8-11(2)12(3)9-15-14;/h6-7,9-14,16,18H,15,17H2,1-5H3;4-6,8-9H,1-3H3;/q2*-1;/i2D3,17D2;;. The molecule has 7 aromatic rings. The number of aromatic nitrogens is 3. The van der Waals surface area contributed by atoms with Gasteiger partial charge in [-0.15, -0.1) is 53.6 Å². The second kappa shape index (κ2) is 15.0. The van der Waals surface area contributed by atoms with E-state index in [0.717, 1.165) is 38.7 Å². The van der Waals surface area contributed by atoms with Crippen molar-refractivity contribution in [1.82, 2.24) is 15.0 Å². The smallest absolute Gasteiger partial charge is 0.216 e. The molecule has 4 heterocycles. The Hall–Kier alpha value is -4.44. The normalized spacial score (nSPS) is 13.3. The van der Waals surface area contributed by atoms with Crippen LogP contribution in [-0.2, 0) is 32.9 Å². The second-order valence-electron chi connectivity index (χ2n) is 13.4. The molecule has 0 saturated heterocycles. The molecule has 0 amide bonds. The zero-order valence-electron chi connectivity index (χ0n) is 34.0. The Balaban J connectivity index is 0.000000293. The molecule has 4 aromatic heterocycles. The van der Waals surface area contributed by atoms with E-state index in [9.17, 15) is 0 Å². The molecule has 251 valence electrons. The van der Waals surface area contributed by atoms with E-state index in [4.69, 9.17) is 11.3 Å². The Morgan fingerprint density at radius 1 is 0.776 bits per heavy atom. The number of nitrogens with zero attached hydrogens (tertiary/aromatic N) is 3. The summed E-state index contributed by atoms with van der Waals surface area (Å²) in [5.41, 5.74) is 11.4. The van der Waals surface area contributed by atoms with Gasteiger partial charge >= 0.3 is 0 Å². The predicted molar refractivity (Wildman–Crippen MR) is 198 cm³/mol. The maximum Gasteiger partial charge on any atom is 0.216 e. The van der Waals surface area contributed by atoms with Gasteiger partial charge in [0.1, 0.15) is 0 Å². The van der Waals surface area contributed by atoms with Crippen LogP contribution in [0.5, 0.6) is 0 Å². The van der Waals surface area contributed by atoms with Crippen LogP contribution in [0.4, 0.5) is 0 Å². The van der Waals surface area contributed by atoms with Gasteiger partial charge in [0.2, 0.25) is 5.71 Å². The molecule has 5 heteroatoms. The van der Waals surface area contributed by atoms with E-state index in [2.05, 4.69) is 66.1 Å². The summed E-state index contributed by atoms with van der Waals surface area (Å²) in [5, 5.41) is 1.57. The van der Waals surface area contributed by atoms with Gasteiger partial charge < -0.3 is 14.4 Å². The molecule has 0 bridgehead atoms. The van der Waals surface area contributed by atoms with Crippen molar-refractivity contribution in [3.05, 3.63) is 148 Å². The first-order valence-electron chi connectivity index (χ1n) is 18.6. The van der Waals surface area contributed by atoms with E-state index >= 15 is 0 Å². The average Bonchev–Trinajstić information content (AvgIpc) is 3.49. The topological polar surface area (TPSA) is 51.8 Å². The van der Waals surface area contributed by atoms with Crippen LogP contribution in [0.3, 0.4) is 0 Å². The summed E-state index contributed by atoms with van der Waals surface area (Å²) < 4.78 is 46.1. The minimum atomic E-state index is -2.32. The van der Waals surface area contributed by atoms with Crippen molar-refractivity contribution in [2.75, 3.05) is 0 Å². The fourth-order valence-corrected chi connectivity index (χ4v) is 5.50. The van der Waals surface area contributed by atoms with E-state index in [1.807, 2.05) is 88.6 Å². The molecule has 0 saturated carbocycles. The van der Waals surface area contributed by atoms with Crippen LogP contribution in [-0.4, -0.2) is 15.0 Å². The van der Waals surface area contributed by atoms with E-state index in [-0.39, 0.29) is 31.5 Å². The summed E-state index contributed by atoms with van der Waals surface area (Å²) in [6.07, 6.45) is 2.97. The van der Waals surface area contributed by atoms with Gasteiger partial charge in [-0.1, -0.05) is 80.6 Å². The number of hydrogen-bond donors (Lipinski definition) is 0. The molecule has 0 N–H and O–H groups in total. The van der Waals surface area contributed by atoms with Gasteiger partial charge in [0.05, 0.1) is 5.58 Å².